The summed E-state index contributed by atoms with van der Waals surface area (Å²) in [5, 5.41) is 6.26. The molecule has 19 heavy (non-hydrogen) atoms. The molecule has 2 N–H and O–H groups in total. The molecule has 2 atom stereocenters. The summed E-state index contributed by atoms with van der Waals surface area (Å²) in [5.41, 5.74) is 2.43. The molecule has 1 heterocycles. The summed E-state index contributed by atoms with van der Waals surface area (Å²) in [6.45, 7) is 7.07. The van der Waals surface area contributed by atoms with Crippen molar-refractivity contribution in [1.82, 2.24) is 10.6 Å². The van der Waals surface area contributed by atoms with E-state index in [4.69, 9.17) is 4.74 Å². The van der Waals surface area contributed by atoms with Crippen LogP contribution in [-0.2, 0) is 16.1 Å². The first-order chi connectivity index (χ1) is 9.08. The quantitative estimate of drug-likeness (QED) is 0.869. The lowest BCUT2D eigenvalue weighted by molar-refractivity contribution is -0.123. The molecule has 0 saturated carbocycles. The van der Waals surface area contributed by atoms with Crippen molar-refractivity contribution in [3.05, 3.63) is 35.4 Å². The predicted molar refractivity (Wildman–Crippen MR) is 74.7 cm³/mol. The summed E-state index contributed by atoms with van der Waals surface area (Å²) in [5.74, 6) is 0.0260. The number of fused-ring (bicyclic) bond motifs is 1. The Balaban J connectivity index is 2.02. The van der Waals surface area contributed by atoms with Gasteiger partial charge in [-0.15, -0.1) is 0 Å². The molecule has 0 saturated heterocycles. The number of hydrogen-bond donors (Lipinski definition) is 2. The standard InChI is InChI=1S/C15H22N2O2/c1-10(2)16-15(18)11(3)17-14-9-19-8-12-6-4-5-7-13(12)14/h4-7,10-11,14,17H,8-9H2,1-3H3,(H,16,18). The zero-order chi connectivity index (χ0) is 13.8. The van der Waals surface area contributed by atoms with Gasteiger partial charge in [0.2, 0.25) is 5.91 Å². The van der Waals surface area contributed by atoms with Gasteiger partial charge in [0.15, 0.2) is 0 Å². The Morgan fingerprint density at radius 2 is 2.05 bits per heavy atom. The summed E-state index contributed by atoms with van der Waals surface area (Å²) in [7, 11) is 0. The minimum Gasteiger partial charge on any atom is -0.375 e. The lowest BCUT2D eigenvalue weighted by Gasteiger charge is -2.29. The average molecular weight is 262 g/mol. The second-order valence-electron chi connectivity index (χ2n) is 5.32. The number of benzene rings is 1. The summed E-state index contributed by atoms with van der Waals surface area (Å²) in [4.78, 5) is 11.9. The van der Waals surface area contributed by atoms with Crippen molar-refractivity contribution in [3.63, 3.8) is 0 Å². The molecular weight excluding hydrogens is 240 g/mol. The van der Waals surface area contributed by atoms with Gasteiger partial charge in [-0.2, -0.15) is 0 Å². The first-order valence-corrected chi connectivity index (χ1v) is 6.80. The third kappa shape index (κ3) is 3.55. The highest BCUT2D eigenvalue weighted by molar-refractivity contribution is 5.81. The second kappa shape index (κ2) is 6.17. The molecule has 1 amide bonds. The fourth-order valence-electron chi connectivity index (χ4n) is 2.31. The minimum atomic E-state index is -0.234. The molecule has 0 bridgehead atoms. The second-order valence-corrected chi connectivity index (χ2v) is 5.32. The van der Waals surface area contributed by atoms with Crippen LogP contribution in [0.3, 0.4) is 0 Å². The van der Waals surface area contributed by atoms with Gasteiger partial charge in [0.05, 0.1) is 25.3 Å². The molecule has 2 rings (SSSR count). The first-order valence-electron chi connectivity index (χ1n) is 6.80. The van der Waals surface area contributed by atoms with Crippen molar-refractivity contribution in [2.45, 2.75) is 45.5 Å². The molecule has 1 aromatic rings. The normalized spacial score (nSPS) is 19.9. The molecule has 0 aliphatic carbocycles. The zero-order valence-electron chi connectivity index (χ0n) is 11.8. The molecule has 1 aliphatic heterocycles. The summed E-state index contributed by atoms with van der Waals surface area (Å²) in [6, 6.07) is 8.22. The van der Waals surface area contributed by atoms with Crippen molar-refractivity contribution in [3.8, 4) is 0 Å². The van der Waals surface area contributed by atoms with E-state index in [1.54, 1.807) is 0 Å². The fraction of sp³-hybridized carbons (Fsp3) is 0.533. The minimum absolute atomic E-state index is 0.0260. The van der Waals surface area contributed by atoms with Crippen molar-refractivity contribution in [2.75, 3.05) is 6.61 Å². The maximum atomic E-state index is 11.9. The van der Waals surface area contributed by atoms with Gasteiger partial charge >= 0.3 is 0 Å². The topological polar surface area (TPSA) is 50.4 Å². The van der Waals surface area contributed by atoms with Crippen LogP contribution in [0.15, 0.2) is 24.3 Å². The number of rotatable bonds is 4. The van der Waals surface area contributed by atoms with Crippen LogP contribution in [0.4, 0.5) is 0 Å². The van der Waals surface area contributed by atoms with E-state index in [9.17, 15) is 4.79 Å². The highest BCUT2D eigenvalue weighted by Gasteiger charge is 2.24. The van der Waals surface area contributed by atoms with Crippen LogP contribution in [0.25, 0.3) is 0 Å². The van der Waals surface area contributed by atoms with Gasteiger partial charge in [-0.3, -0.25) is 10.1 Å². The average Bonchev–Trinajstić information content (AvgIpc) is 2.38. The van der Waals surface area contributed by atoms with Gasteiger partial charge in [0, 0.05) is 6.04 Å². The molecule has 1 aromatic carbocycles. The van der Waals surface area contributed by atoms with Gasteiger partial charge in [-0.05, 0) is 31.9 Å². The number of hydrogen-bond acceptors (Lipinski definition) is 3. The van der Waals surface area contributed by atoms with E-state index in [2.05, 4.69) is 22.8 Å². The molecule has 4 heteroatoms. The number of carbonyl (C=O) groups is 1. The Hall–Kier alpha value is -1.39. The maximum Gasteiger partial charge on any atom is 0.237 e. The van der Waals surface area contributed by atoms with Gasteiger partial charge in [-0.25, -0.2) is 0 Å². The molecule has 0 spiro atoms. The SMILES string of the molecule is CC(C)NC(=O)C(C)NC1COCc2ccccc21. The third-order valence-electron chi connectivity index (χ3n) is 3.25. The molecule has 1 aliphatic rings. The monoisotopic (exact) mass is 262 g/mol. The lowest BCUT2D eigenvalue weighted by atomic mass is 9.98. The lowest BCUT2D eigenvalue weighted by Crippen LogP contribution is -2.47. The fourth-order valence-corrected chi connectivity index (χ4v) is 2.31. The molecular formula is C15H22N2O2. The Kier molecular flexibility index (Phi) is 4.56. The summed E-state index contributed by atoms with van der Waals surface area (Å²) >= 11 is 0. The maximum absolute atomic E-state index is 11.9. The summed E-state index contributed by atoms with van der Waals surface area (Å²) < 4.78 is 5.58. The van der Waals surface area contributed by atoms with Gasteiger partial charge < -0.3 is 10.1 Å². The number of nitrogens with one attached hydrogen (secondary N) is 2. The van der Waals surface area contributed by atoms with E-state index in [-0.39, 0.29) is 24.0 Å². The highest BCUT2D eigenvalue weighted by Crippen LogP contribution is 2.24. The predicted octanol–water partition coefficient (Wildman–Crippen LogP) is 1.76. The van der Waals surface area contributed by atoms with E-state index in [0.29, 0.717) is 13.2 Å². The van der Waals surface area contributed by atoms with E-state index in [0.717, 1.165) is 0 Å². The van der Waals surface area contributed by atoms with Crippen LogP contribution in [0.1, 0.15) is 37.9 Å². The highest BCUT2D eigenvalue weighted by atomic mass is 16.5. The molecule has 0 radical (unpaired) electrons. The van der Waals surface area contributed by atoms with Crippen molar-refractivity contribution in [2.24, 2.45) is 0 Å². The number of ether oxygens (including phenoxy) is 1. The van der Waals surface area contributed by atoms with Crippen molar-refractivity contribution in [1.29, 1.82) is 0 Å². The van der Waals surface area contributed by atoms with Crippen LogP contribution in [-0.4, -0.2) is 24.6 Å². The smallest absolute Gasteiger partial charge is 0.237 e. The zero-order valence-corrected chi connectivity index (χ0v) is 11.8. The largest absolute Gasteiger partial charge is 0.375 e. The molecule has 0 aromatic heterocycles. The number of carbonyl (C=O) groups excluding carboxylic acids is 1. The Bertz CT molecular complexity index is 446. The van der Waals surface area contributed by atoms with Gasteiger partial charge in [-0.1, -0.05) is 24.3 Å². The van der Waals surface area contributed by atoms with Crippen LogP contribution < -0.4 is 10.6 Å². The van der Waals surface area contributed by atoms with E-state index >= 15 is 0 Å². The van der Waals surface area contributed by atoms with Crippen LogP contribution in [0, 0.1) is 0 Å². The third-order valence-corrected chi connectivity index (χ3v) is 3.25. The molecule has 4 nitrogen and oxygen atoms in total. The van der Waals surface area contributed by atoms with Crippen LogP contribution >= 0.6 is 0 Å². The molecule has 0 fully saturated rings. The van der Waals surface area contributed by atoms with Gasteiger partial charge in [0.1, 0.15) is 0 Å². The number of amides is 1. The van der Waals surface area contributed by atoms with E-state index in [1.165, 1.54) is 11.1 Å². The Morgan fingerprint density at radius 1 is 1.32 bits per heavy atom. The molecule has 104 valence electrons. The van der Waals surface area contributed by atoms with Crippen LogP contribution in [0.5, 0.6) is 0 Å². The summed E-state index contributed by atoms with van der Waals surface area (Å²) in [6.07, 6.45) is 0. The van der Waals surface area contributed by atoms with Crippen molar-refractivity contribution >= 4 is 5.91 Å². The Morgan fingerprint density at radius 3 is 2.79 bits per heavy atom. The first kappa shape index (κ1) is 14.0. The van der Waals surface area contributed by atoms with E-state index in [1.807, 2.05) is 32.9 Å². The van der Waals surface area contributed by atoms with Crippen LogP contribution in [0.2, 0.25) is 0 Å². The van der Waals surface area contributed by atoms with Crippen molar-refractivity contribution < 1.29 is 9.53 Å². The van der Waals surface area contributed by atoms with Gasteiger partial charge in [0.25, 0.3) is 0 Å². The molecule has 2 unspecified atom stereocenters. The Labute approximate surface area is 114 Å². The van der Waals surface area contributed by atoms with E-state index < -0.39 is 0 Å².